The average Bonchev–Trinajstić information content (AvgIpc) is 2.90. The van der Waals surface area contributed by atoms with E-state index in [2.05, 4.69) is 10.00 Å². The maximum Gasteiger partial charge on any atom is 0.354 e. The zero-order valence-corrected chi connectivity index (χ0v) is 11.8. The van der Waals surface area contributed by atoms with Crippen LogP contribution in [0, 0.1) is 0 Å². The zero-order valence-electron chi connectivity index (χ0n) is 11.8. The Morgan fingerprint density at radius 1 is 1.24 bits per heavy atom. The number of ether oxygens (including phenoxy) is 1. The minimum absolute atomic E-state index is 0.183. The molecule has 0 unspecified atom stereocenters. The van der Waals surface area contributed by atoms with Crippen LogP contribution in [-0.2, 0) is 11.8 Å². The highest BCUT2D eigenvalue weighted by Gasteiger charge is 2.14. The van der Waals surface area contributed by atoms with E-state index in [4.69, 9.17) is 9.84 Å². The van der Waals surface area contributed by atoms with Crippen molar-refractivity contribution in [2.24, 2.45) is 7.05 Å². The van der Waals surface area contributed by atoms with E-state index < -0.39 is 5.97 Å². The molecule has 0 amide bonds. The number of carboxylic acids is 1. The molecule has 1 aliphatic heterocycles. The number of benzene rings is 1. The second kappa shape index (κ2) is 5.57. The zero-order chi connectivity index (χ0) is 14.8. The summed E-state index contributed by atoms with van der Waals surface area (Å²) in [6, 6.07) is 9.61. The molecule has 2 aromatic rings. The maximum absolute atomic E-state index is 11.0. The summed E-state index contributed by atoms with van der Waals surface area (Å²) in [5.41, 5.74) is 2.91. The molecule has 0 bridgehead atoms. The van der Waals surface area contributed by atoms with Crippen molar-refractivity contribution in [2.45, 2.75) is 0 Å². The van der Waals surface area contributed by atoms with Crippen LogP contribution >= 0.6 is 0 Å². The van der Waals surface area contributed by atoms with E-state index in [1.165, 1.54) is 4.68 Å². The smallest absolute Gasteiger partial charge is 0.354 e. The largest absolute Gasteiger partial charge is 0.477 e. The molecule has 0 atom stereocenters. The first-order valence-corrected chi connectivity index (χ1v) is 6.85. The SMILES string of the molecule is Cn1nc(-c2ccc(N3CCOCC3)cc2)cc1C(=O)O. The van der Waals surface area contributed by atoms with E-state index in [9.17, 15) is 4.79 Å². The molecular formula is C15H17N3O3. The van der Waals surface area contributed by atoms with Crippen molar-refractivity contribution in [1.29, 1.82) is 0 Å². The number of hydrogen-bond acceptors (Lipinski definition) is 4. The molecule has 110 valence electrons. The summed E-state index contributed by atoms with van der Waals surface area (Å²) in [4.78, 5) is 13.3. The van der Waals surface area contributed by atoms with Crippen LogP contribution in [0.5, 0.6) is 0 Å². The fourth-order valence-corrected chi connectivity index (χ4v) is 2.47. The highest BCUT2D eigenvalue weighted by molar-refractivity contribution is 5.87. The third kappa shape index (κ3) is 2.75. The molecule has 1 aliphatic rings. The summed E-state index contributed by atoms with van der Waals surface area (Å²) in [6.45, 7) is 3.30. The molecule has 0 saturated carbocycles. The summed E-state index contributed by atoms with van der Waals surface area (Å²) in [6.07, 6.45) is 0. The van der Waals surface area contributed by atoms with Crippen LogP contribution in [0.3, 0.4) is 0 Å². The minimum Gasteiger partial charge on any atom is -0.477 e. The molecule has 1 aromatic heterocycles. The van der Waals surface area contributed by atoms with Gasteiger partial charge >= 0.3 is 5.97 Å². The van der Waals surface area contributed by atoms with Gasteiger partial charge in [-0.1, -0.05) is 12.1 Å². The van der Waals surface area contributed by atoms with Gasteiger partial charge in [-0.25, -0.2) is 4.79 Å². The number of carbonyl (C=O) groups is 1. The van der Waals surface area contributed by atoms with E-state index in [0.29, 0.717) is 5.69 Å². The molecule has 1 aromatic carbocycles. The molecule has 0 radical (unpaired) electrons. The molecule has 2 heterocycles. The topological polar surface area (TPSA) is 67.6 Å². The number of hydrogen-bond donors (Lipinski definition) is 1. The first-order valence-electron chi connectivity index (χ1n) is 6.85. The van der Waals surface area contributed by atoms with Crippen LogP contribution in [0.1, 0.15) is 10.5 Å². The summed E-state index contributed by atoms with van der Waals surface area (Å²) >= 11 is 0. The number of nitrogens with zero attached hydrogens (tertiary/aromatic N) is 3. The van der Waals surface area contributed by atoms with Crippen LogP contribution in [0.15, 0.2) is 30.3 Å². The molecule has 1 fully saturated rings. The van der Waals surface area contributed by atoms with Crippen LogP contribution in [0.4, 0.5) is 5.69 Å². The van der Waals surface area contributed by atoms with Crippen LogP contribution < -0.4 is 4.90 Å². The molecule has 1 saturated heterocycles. The van der Waals surface area contributed by atoms with Gasteiger partial charge in [0.2, 0.25) is 0 Å². The lowest BCUT2D eigenvalue weighted by Gasteiger charge is -2.28. The summed E-state index contributed by atoms with van der Waals surface area (Å²) in [7, 11) is 1.63. The molecular weight excluding hydrogens is 270 g/mol. The number of anilines is 1. The number of aryl methyl sites for hydroxylation is 1. The molecule has 6 heteroatoms. The standard InChI is InChI=1S/C15H17N3O3/c1-17-14(15(19)20)10-13(16-17)11-2-4-12(5-3-11)18-6-8-21-9-7-18/h2-5,10H,6-9H2,1H3,(H,19,20). The highest BCUT2D eigenvalue weighted by Crippen LogP contribution is 2.23. The Morgan fingerprint density at radius 2 is 1.90 bits per heavy atom. The lowest BCUT2D eigenvalue weighted by atomic mass is 10.1. The minimum atomic E-state index is -0.971. The summed E-state index contributed by atoms with van der Waals surface area (Å²) < 4.78 is 6.73. The van der Waals surface area contributed by atoms with Gasteiger partial charge in [0.05, 0.1) is 18.9 Å². The van der Waals surface area contributed by atoms with Crippen LogP contribution in [0.25, 0.3) is 11.3 Å². The number of carboxylic acid groups (broad SMARTS) is 1. The van der Waals surface area contributed by atoms with Gasteiger partial charge in [-0.15, -0.1) is 0 Å². The van der Waals surface area contributed by atoms with E-state index >= 15 is 0 Å². The summed E-state index contributed by atoms with van der Waals surface area (Å²) in [5, 5.41) is 13.3. The van der Waals surface area contributed by atoms with E-state index in [1.54, 1.807) is 13.1 Å². The molecule has 21 heavy (non-hydrogen) atoms. The molecule has 0 aliphatic carbocycles. The fraction of sp³-hybridized carbons (Fsp3) is 0.333. The molecule has 3 rings (SSSR count). The number of rotatable bonds is 3. The second-order valence-corrected chi connectivity index (χ2v) is 4.99. The number of aromatic carboxylic acids is 1. The van der Waals surface area contributed by atoms with E-state index in [1.807, 2.05) is 24.3 Å². The Hall–Kier alpha value is -2.34. The first-order chi connectivity index (χ1) is 10.1. The van der Waals surface area contributed by atoms with Gasteiger partial charge in [-0.3, -0.25) is 4.68 Å². The molecule has 6 nitrogen and oxygen atoms in total. The Kier molecular flexibility index (Phi) is 3.62. The third-order valence-electron chi connectivity index (χ3n) is 3.64. The van der Waals surface area contributed by atoms with Crippen molar-refractivity contribution in [3.63, 3.8) is 0 Å². The van der Waals surface area contributed by atoms with E-state index in [0.717, 1.165) is 37.6 Å². The van der Waals surface area contributed by atoms with Crippen molar-refractivity contribution < 1.29 is 14.6 Å². The van der Waals surface area contributed by atoms with Crippen molar-refractivity contribution in [3.8, 4) is 11.3 Å². The van der Waals surface area contributed by atoms with Gasteiger partial charge in [0.25, 0.3) is 0 Å². The maximum atomic E-state index is 11.0. The quantitative estimate of drug-likeness (QED) is 0.929. The van der Waals surface area contributed by atoms with Gasteiger partial charge in [-0.05, 0) is 18.2 Å². The normalized spacial score (nSPS) is 15.2. The predicted molar refractivity (Wildman–Crippen MR) is 78.6 cm³/mol. The van der Waals surface area contributed by atoms with E-state index in [-0.39, 0.29) is 5.69 Å². The van der Waals surface area contributed by atoms with Crippen molar-refractivity contribution >= 4 is 11.7 Å². The van der Waals surface area contributed by atoms with Crippen LogP contribution in [-0.4, -0.2) is 47.2 Å². The highest BCUT2D eigenvalue weighted by atomic mass is 16.5. The van der Waals surface area contributed by atoms with Gasteiger partial charge in [0, 0.05) is 31.4 Å². The Bertz CT molecular complexity index is 643. The van der Waals surface area contributed by atoms with Crippen molar-refractivity contribution in [1.82, 2.24) is 9.78 Å². The monoisotopic (exact) mass is 287 g/mol. The molecule has 0 spiro atoms. The predicted octanol–water partition coefficient (Wildman–Crippen LogP) is 1.62. The Morgan fingerprint density at radius 3 is 2.48 bits per heavy atom. The van der Waals surface area contributed by atoms with Gasteiger partial charge < -0.3 is 14.7 Å². The second-order valence-electron chi connectivity index (χ2n) is 4.99. The lowest BCUT2D eigenvalue weighted by molar-refractivity contribution is 0.0685. The van der Waals surface area contributed by atoms with Gasteiger partial charge in [-0.2, -0.15) is 5.10 Å². The van der Waals surface area contributed by atoms with Crippen molar-refractivity contribution in [2.75, 3.05) is 31.2 Å². The first kappa shape index (κ1) is 13.6. The molecule has 1 N–H and O–H groups in total. The average molecular weight is 287 g/mol. The number of morpholine rings is 1. The lowest BCUT2D eigenvalue weighted by Crippen LogP contribution is -2.36. The third-order valence-corrected chi connectivity index (χ3v) is 3.64. The summed E-state index contributed by atoms with van der Waals surface area (Å²) in [5.74, 6) is -0.971. The number of aromatic nitrogens is 2. The van der Waals surface area contributed by atoms with Gasteiger partial charge in [0.15, 0.2) is 0 Å². The fourth-order valence-electron chi connectivity index (χ4n) is 2.47. The van der Waals surface area contributed by atoms with Gasteiger partial charge in [0.1, 0.15) is 5.69 Å². The van der Waals surface area contributed by atoms with Crippen LogP contribution in [0.2, 0.25) is 0 Å². The Labute approximate surface area is 122 Å². The Balaban J connectivity index is 1.83. The van der Waals surface area contributed by atoms with Crippen molar-refractivity contribution in [3.05, 3.63) is 36.0 Å².